The van der Waals surface area contributed by atoms with Gasteiger partial charge in [0.2, 0.25) is 0 Å². The molecule has 10 atom stereocenters. The first-order valence-corrected chi connectivity index (χ1v) is 24.6. The highest BCUT2D eigenvalue weighted by Gasteiger charge is 2.62. The highest BCUT2D eigenvalue weighted by atomic mass is 32.2. The Morgan fingerprint density at radius 3 is 2.19 bits per heavy atom. The molecule has 2 saturated heterocycles. The van der Waals surface area contributed by atoms with Gasteiger partial charge in [0.1, 0.15) is 0 Å². The lowest BCUT2D eigenvalue weighted by molar-refractivity contribution is 0.110. The second-order valence-electron chi connectivity index (χ2n) is 19.4. The number of nitrogens with zero attached hydrogens (tertiary/aromatic N) is 4. The molecule has 63 heavy (non-hydrogen) atoms. The molecule has 314 valence electrons. The number of thioether (sulfide) groups is 1. The van der Waals surface area contributed by atoms with E-state index in [-0.39, 0.29) is 5.41 Å². The number of para-hydroxylation sites is 1. The molecule has 6 aliphatic carbocycles. The minimum atomic E-state index is 0.131. The summed E-state index contributed by atoms with van der Waals surface area (Å²) >= 11 is 2.27. The zero-order valence-electron chi connectivity index (χ0n) is 36.2. The van der Waals surface area contributed by atoms with Gasteiger partial charge in [-0.1, -0.05) is 164 Å². The molecule has 0 amide bonds. The fourth-order valence-electron chi connectivity index (χ4n) is 13.0. The molecular weight excluding hydrogens is 785 g/mol. The van der Waals surface area contributed by atoms with E-state index in [1.165, 1.54) is 60.2 Å². The molecule has 0 radical (unpaired) electrons. The van der Waals surface area contributed by atoms with Crippen LogP contribution in [0.5, 0.6) is 0 Å². The summed E-state index contributed by atoms with van der Waals surface area (Å²) in [5, 5.41) is 1.10. The van der Waals surface area contributed by atoms with Crippen LogP contribution in [0, 0.1) is 40.9 Å². The van der Waals surface area contributed by atoms with Gasteiger partial charge in [-0.2, -0.15) is 11.8 Å². The number of rotatable bonds is 7. The van der Waals surface area contributed by atoms with Gasteiger partial charge in [-0.15, -0.1) is 0 Å². The molecule has 4 aromatic rings. The maximum absolute atomic E-state index is 5.39. The summed E-state index contributed by atoms with van der Waals surface area (Å²) in [7, 11) is 0. The van der Waals surface area contributed by atoms with Crippen molar-refractivity contribution in [2.24, 2.45) is 40.9 Å². The van der Waals surface area contributed by atoms with Crippen LogP contribution in [-0.4, -0.2) is 31.5 Å². The van der Waals surface area contributed by atoms with Crippen LogP contribution in [0.3, 0.4) is 0 Å². The molecule has 3 fully saturated rings. The fraction of sp³-hybridized carbons (Fsp3) is 0.328. The smallest absolute Gasteiger partial charge is 0.164 e. The van der Waals surface area contributed by atoms with Crippen molar-refractivity contribution < 1.29 is 0 Å². The molecule has 3 heterocycles. The molecular formula is C58H56N4S. The first-order chi connectivity index (χ1) is 31.1. The van der Waals surface area contributed by atoms with Crippen LogP contribution in [0.25, 0.3) is 28.3 Å². The van der Waals surface area contributed by atoms with Gasteiger partial charge in [0, 0.05) is 56.0 Å². The van der Waals surface area contributed by atoms with Crippen molar-refractivity contribution in [1.29, 1.82) is 0 Å². The fourth-order valence-corrected chi connectivity index (χ4v) is 14.9. The molecule has 1 saturated carbocycles. The molecule has 0 spiro atoms. The van der Waals surface area contributed by atoms with Crippen LogP contribution >= 0.6 is 11.8 Å². The Kier molecular flexibility index (Phi) is 10.1. The van der Waals surface area contributed by atoms with Crippen molar-refractivity contribution in [3.63, 3.8) is 0 Å². The van der Waals surface area contributed by atoms with Gasteiger partial charge in [0.25, 0.3) is 0 Å². The highest BCUT2D eigenvalue weighted by Crippen LogP contribution is 2.66. The third-order valence-corrected chi connectivity index (χ3v) is 17.5. The van der Waals surface area contributed by atoms with E-state index >= 15 is 0 Å². The lowest BCUT2D eigenvalue weighted by Gasteiger charge is -2.45. The van der Waals surface area contributed by atoms with E-state index < -0.39 is 0 Å². The number of benzene rings is 3. The van der Waals surface area contributed by atoms with Gasteiger partial charge >= 0.3 is 0 Å². The van der Waals surface area contributed by atoms with E-state index in [0.717, 1.165) is 47.9 Å². The number of allylic oxidation sites excluding steroid dienone is 17. The quantitative estimate of drug-likeness (QED) is 0.173. The second-order valence-corrected chi connectivity index (χ2v) is 20.8. The predicted octanol–water partition coefficient (Wildman–Crippen LogP) is 13.8. The zero-order chi connectivity index (χ0) is 41.9. The van der Waals surface area contributed by atoms with Crippen LogP contribution in [0.15, 0.2) is 192 Å². The van der Waals surface area contributed by atoms with Gasteiger partial charge in [-0.3, -0.25) is 0 Å². The van der Waals surface area contributed by atoms with E-state index in [1.54, 1.807) is 5.57 Å². The van der Waals surface area contributed by atoms with Crippen LogP contribution < -0.4 is 4.90 Å². The van der Waals surface area contributed by atoms with Crippen LogP contribution in [0.2, 0.25) is 0 Å². The molecule has 5 heteroatoms. The lowest BCUT2D eigenvalue weighted by Crippen LogP contribution is -2.46. The van der Waals surface area contributed by atoms with E-state index in [1.807, 2.05) is 0 Å². The van der Waals surface area contributed by atoms with Gasteiger partial charge in [-0.25, -0.2) is 15.0 Å². The number of hydrogen-bond acceptors (Lipinski definition) is 5. The first kappa shape index (κ1) is 39.1. The number of hydrogen-bond donors (Lipinski definition) is 0. The van der Waals surface area contributed by atoms with Gasteiger partial charge < -0.3 is 4.90 Å². The first-order valence-electron chi connectivity index (χ1n) is 23.7. The average molecular weight is 841 g/mol. The summed E-state index contributed by atoms with van der Waals surface area (Å²) < 4.78 is 0. The molecule has 8 aliphatic rings. The van der Waals surface area contributed by atoms with Gasteiger partial charge in [0.05, 0.1) is 0 Å². The Morgan fingerprint density at radius 1 is 0.698 bits per heavy atom. The van der Waals surface area contributed by atoms with Crippen molar-refractivity contribution in [2.45, 2.75) is 74.8 Å². The normalized spacial score (nSPS) is 32.7. The molecule has 0 N–H and O–H groups in total. The van der Waals surface area contributed by atoms with Crippen LogP contribution in [0.4, 0.5) is 5.69 Å². The van der Waals surface area contributed by atoms with E-state index in [9.17, 15) is 0 Å². The molecule has 12 rings (SSSR count). The second kappa shape index (κ2) is 16.2. The highest BCUT2D eigenvalue weighted by molar-refractivity contribution is 8.01. The van der Waals surface area contributed by atoms with Crippen molar-refractivity contribution >= 4 is 23.0 Å². The molecule has 1 aromatic heterocycles. The van der Waals surface area contributed by atoms with E-state index in [2.05, 4.69) is 194 Å². The summed E-state index contributed by atoms with van der Waals surface area (Å²) in [6.07, 6.45) is 41.2. The largest absolute Gasteiger partial charge is 0.341 e. The van der Waals surface area contributed by atoms with Crippen LogP contribution in [0.1, 0.15) is 64.1 Å². The topological polar surface area (TPSA) is 41.9 Å². The van der Waals surface area contributed by atoms with E-state index in [0.29, 0.717) is 52.0 Å². The van der Waals surface area contributed by atoms with Gasteiger partial charge in [-0.05, 0) is 110 Å². The molecule has 0 bridgehead atoms. The molecule has 2 aliphatic heterocycles. The monoisotopic (exact) mass is 840 g/mol. The lowest BCUT2D eigenvalue weighted by atomic mass is 9.58. The minimum Gasteiger partial charge on any atom is -0.341 e. The summed E-state index contributed by atoms with van der Waals surface area (Å²) in [6, 6.07) is 32.7. The Balaban J connectivity index is 0.931. The minimum absolute atomic E-state index is 0.131. The van der Waals surface area contributed by atoms with Crippen LogP contribution in [-0.2, 0) is 0 Å². The Morgan fingerprint density at radius 2 is 1.44 bits per heavy atom. The third kappa shape index (κ3) is 6.93. The summed E-state index contributed by atoms with van der Waals surface area (Å²) in [5.41, 5.74) is 10.5. The maximum atomic E-state index is 5.39. The Bertz CT molecular complexity index is 2630. The number of aromatic nitrogens is 3. The zero-order valence-corrected chi connectivity index (χ0v) is 37.0. The van der Waals surface area contributed by atoms with E-state index in [4.69, 9.17) is 15.0 Å². The van der Waals surface area contributed by atoms with Crippen molar-refractivity contribution in [1.82, 2.24) is 15.0 Å². The number of fused-ring (bicyclic) bond motifs is 7. The van der Waals surface area contributed by atoms with Crippen molar-refractivity contribution in [2.75, 3.05) is 4.90 Å². The Hall–Kier alpha value is -5.52. The number of anilines is 1. The van der Waals surface area contributed by atoms with Crippen molar-refractivity contribution in [3.8, 4) is 22.8 Å². The Labute approximate surface area is 377 Å². The molecule has 3 aromatic carbocycles. The standard InChI is InChI=1S/C58H56N4S/c1-58-34-15-14-27-52(58)62(45-25-12-5-13-26-45)49-32-33-50-53(54(49)58)47-31-29-44(37-51(47)63-50)46-30-28-43(42-24-16-23-41(35-42)38-17-6-2-7-18-38)36-48(46)57-60-55(39-19-8-3-9-20-39)59-56(61-57)40-21-10-4-11-22-40/h2-15,17,19-22,25-31,35,37-38,42-43,47,49-51,53-54H,16,18,23-24,32-34,36H2,1H3. The SMILES string of the molecule is CC12CC=CC=C1N(c1ccccc1)C1CCC3SC4C=C(C5=C(c6nc(-c7ccccc7)nc(-c7ccccc7)n6)CC(C6C=C(C7C=CC=CC7)CCC6)C=C5)C=CC4C3C12. The predicted molar refractivity (Wildman–Crippen MR) is 261 cm³/mol. The summed E-state index contributed by atoms with van der Waals surface area (Å²) in [4.78, 5) is 18.7. The third-order valence-electron chi connectivity index (χ3n) is 15.9. The molecule has 4 nitrogen and oxygen atoms in total. The summed E-state index contributed by atoms with van der Waals surface area (Å²) in [5.74, 6) is 5.42. The summed E-state index contributed by atoms with van der Waals surface area (Å²) in [6.45, 7) is 2.59. The maximum Gasteiger partial charge on any atom is 0.164 e. The van der Waals surface area contributed by atoms with Crippen molar-refractivity contribution in [3.05, 3.63) is 198 Å². The molecule has 10 unspecified atom stereocenters. The van der Waals surface area contributed by atoms with Gasteiger partial charge in [0.15, 0.2) is 17.5 Å². The average Bonchev–Trinajstić information content (AvgIpc) is 3.86.